The average molecular weight is 383 g/mol. The van der Waals surface area contributed by atoms with E-state index in [0.717, 1.165) is 11.3 Å². The van der Waals surface area contributed by atoms with Gasteiger partial charge in [-0.1, -0.05) is 28.8 Å². The molecular formula is C18H15ClN6O2. The summed E-state index contributed by atoms with van der Waals surface area (Å²) in [5, 5.41) is 17.5. The number of fused-ring (bicyclic) bond motifs is 1. The van der Waals surface area contributed by atoms with Crippen LogP contribution in [0.5, 0.6) is 0 Å². The summed E-state index contributed by atoms with van der Waals surface area (Å²) < 4.78 is 12.5. The van der Waals surface area contributed by atoms with Crippen LogP contribution in [0.2, 0.25) is 5.02 Å². The van der Waals surface area contributed by atoms with Gasteiger partial charge in [0.25, 0.3) is 5.89 Å². The Morgan fingerprint density at radius 3 is 2.67 bits per heavy atom. The largest absolute Gasteiger partial charge is 0.361 e. The third-order valence-corrected chi connectivity index (χ3v) is 4.77. The van der Waals surface area contributed by atoms with Crippen molar-refractivity contribution in [2.45, 2.75) is 33.7 Å². The van der Waals surface area contributed by atoms with Crippen molar-refractivity contribution >= 4 is 22.6 Å². The smallest absolute Gasteiger partial charge is 0.263 e. The molecule has 0 saturated heterocycles. The van der Waals surface area contributed by atoms with Crippen molar-refractivity contribution in [1.82, 2.24) is 24.8 Å². The minimum absolute atomic E-state index is 0.355. The van der Waals surface area contributed by atoms with E-state index >= 15 is 0 Å². The molecule has 9 heteroatoms. The van der Waals surface area contributed by atoms with E-state index in [1.54, 1.807) is 13.0 Å². The molecule has 0 N–H and O–H groups in total. The van der Waals surface area contributed by atoms with Crippen LogP contribution in [-0.4, -0.2) is 24.8 Å². The Morgan fingerprint density at radius 2 is 2.00 bits per heavy atom. The third-order valence-electron chi connectivity index (χ3n) is 4.39. The van der Waals surface area contributed by atoms with Gasteiger partial charge in [0.15, 0.2) is 5.82 Å². The fourth-order valence-corrected chi connectivity index (χ4v) is 3.33. The fraction of sp³-hybridized carbons (Fsp3) is 0.278. The third kappa shape index (κ3) is 2.76. The van der Waals surface area contributed by atoms with E-state index in [4.69, 9.17) is 20.6 Å². The molecule has 0 aliphatic rings. The maximum Gasteiger partial charge on any atom is 0.263 e. The van der Waals surface area contributed by atoms with Gasteiger partial charge in [0.2, 0.25) is 0 Å². The second kappa shape index (κ2) is 6.52. The molecule has 3 heterocycles. The summed E-state index contributed by atoms with van der Waals surface area (Å²) in [7, 11) is 0. The zero-order valence-electron chi connectivity index (χ0n) is 14.9. The summed E-state index contributed by atoms with van der Waals surface area (Å²) in [4.78, 5) is 9.07. The first-order valence-electron chi connectivity index (χ1n) is 8.37. The van der Waals surface area contributed by atoms with Crippen molar-refractivity contribution in [2.24, 2.45) is 0 Å². The number of aromatic nitrogens is 5. The molecule has 27 heavy (non-hydrogen) atoms. The average Bonchev–Trinajstić information content (AvgIpc) is 3.34. The molecular weight excluding hydrogens is 368 g/mol. The molecule has 4 aromatic rings. The number of rotatable bonds is 4. The van der Waals surface area contributed by atoms with Gasteiger partial charge in [-0.3, -0.25) is 0 Å². The lowest BCUT2D eigenvalue weighted by Gasteiger charge is -2.05. The number of aryl methyl sites for hydroxylation is 3. The lowest BCUT2D eigenvalue weighted by Crippen LogP contribution is -2.05. The molecule has 0 aliphatic carbocycles. The van der Waals surface area contributed by atoms with E-state index < -0.39 is 0 Å². The van der Waals surface area contributed by atoms with Gasteiger partial charge in [-0.25, -0.2) is 4.98 Å². The van der Waals surface area contributed by atoms with E-state index in [-0.39, 0.29) is 0 Å². The number of hydrogen-bond donors (Lipinski definition) is 0. The predicted octanol–water partition coefficient (Wildman–Crippen LogP) is 3.83. The van der Waals surface area contributed by atoms with E-state index in [0.29, 0.717) is 57.8 Å². The number of benzene rings is 1. The van der Waals surface area contributed by atoms with Gasteiger partial charge in [0.05, 0.1) is 28.3 Å². The summed E-state index contributed by atoms with van der Waals surface area (Å²) in [6.45, 7) is 5.99. The summed E-state index contributed by atoms with van der Waals surface area (Å²) in [6, 6.07) is 5.60. The number of hydrogen-bond acceptors (Lipinski definition) is 7. The van der Waals surface area contributed by atoms with Crippen molar-refractivity contribution < 1.29 is 9.05 Å². The molecule has 0 spiro atoms. The van der Waals surface area contributed by atoms with Crippen molar-refractivity contribution in [3.63, 3.8) is 0 Å². The first-order chi connectivity index (χ1) is 13.0. The van der Waals surface area contributed by atoms with Crippen LogP contribution in [0, 0.1) is 25.2 Å². The van der Waals surface area contributed by atoms with Crippen molar-refractivity contribution in [2.75, 3.05) is 0 Å². The highest BCUT2D eigenvalue weighted by Gasteiger charge is 2.20. The highest BCUT2D eigenvalue weighted by molar-refractivity contribution is 6.36. The Morgan fingerprint density at radius 1 is 1.19 bits per heavy atom. The van der Waals surface area contributed by atoms with Gasteiger partial charge < -0.3 is 13.6 Å². The van der Waals surface area contributed by atoms with E-state index in [2.05, 4.69) is 26.4 Å². The molecule has 8 nitrogen and oxygen atoms in total. The zero-order chi connectivity index (χ0) is 19.1. The quantitative estimate of drug-likeness (QED) is 0.527. The van der Waals surface area contributed by atoms with Crippen molar-refractivity contribution in [1.29, 1.82) is 5.26 Å². The molecule has 0 radical (unpaired) electrons. The standard InChI is InChI=1S/C18H15ClN6O2/c1-4-14-22-17-12(6-5-11(7-20)16(17)19)25(14)8-13-21-18(27-24-13)15-9(2)23-26-10(15)3/h5-6H,4,8H2,1-3H3. The second-order valence-corrected chi connectivity index (χ2v) is 6.47. The van der Waals surface area contributed by atoms with Crippen molar-refractivity contribution in [3.05, 3.63) is 45.8 Å². The Hall–Kier alpha value is -3.18. The Bertz CT molecular complexity index is 1180. The van der Waals surface area contributed by atoms with Gasteiger partial charge >= 0.3 is 0 Å². The molecule has 0 saturated carbocycles. The maximum absolute atomic E-state index is 9.17. The molecule has 4 rings (SSSR count). The maximum atomic E-state index is 9.17. The molecule has 3 aromatic heterocycles. The number of nitrogens with zero attached hydrogens (tertiary/aromatic N) is 6. The summed E-state index contributed by atoms with van der Waals surface area (Å²) >= 11 is 6.33. The molecule has 0 unspecified atom stereocenters. The summed E-state index contributed by atoms with van der Waals surface area (Å²) in [6.07, 6.45) is 0.696. The van der Waals surface area contributed by atoms with Gasteiger partial charge in [0.1, 0.15) is 28.7 Å². The van der Waals surface area contributed by atoms with Crippen LogP contribution in [0.4, 0.5) is 0 Å². The number of imidazole rings is 1. The first-order valence-corrected chi connectivity index (χ1v) is 8.74. The highest BCUT2D eigenvalue weighted by Crippen LogP contribution is 2.29. The van der Waals surface area contributed by atoms with Crippen LogP contribution in [0.25, 0.3) is 22.5 Å². The van der Waals surface area contributed by atoms with Crippen LogP contribution in [0.1, 0.15) is 35.6 Å². The highest BCUT2D eigenvalue weighted by atomic mass is 35.5. The minimum Gasteiger partial charge on any atom is -0.361 e. The van der Waals surface area contributed by atoms with Crippen LogP contribution in [0.3, 0.4) is 0 Å². The molecule has 0 atom stereocenters. The SMILES string of the molecule is CCc1nc2c(Cl)c(C#N)ccc2n1Cc1noc(-c2c(C)noc2C)n1. The fourth-order valence-electron chi connectivity index (χ4n) is 3.09. The summed E-state index contributed by atoms with van der Waals surface area (Å²) in [5.41, 5.74) is 3.22. The van der Waals surface area contributed by atoms with Crippen molar-refractivity contribution in [3.8, 4) is 17.5 Å². The van der Waals surface area contributed by atoms with E-state index in [1.165, 1.54) is 0 Å². The van der Waals surface area contributed by atoms with Gasteiger partial charge in [0, 0.05) is 6.42 Å². The number of halogens is 1. The molecule has 0 aliphatic heterocycles. The topological polar surface area (TPSA) is 107 Å². The van der Waals surface area contributed by atoms with Gasteiger partial charge in [-0.05, 0) is 26.0 Å². The Kier molecular flexibility index (Phi) is 4.16. The molecule has 136 valence electrons. The lowest BCUT2D eigenvalue weighted by molar-refractivity contribution is 0.391. The monoisotopic (exact) mass is 382 g/mol. The van der Waals surface area contributed by atoms with E-state index in [9.17, 15) is 5.26 Å². The van der Waals surface area contributed by atoms with Crippen LogP contribution >= 0.6 is 11.6 Å². The Balaban J connectivity index is 1.76. The van der Waals surface area contributed by atoms with Crippen LogP contribution < -0.4 is 0 Å². The molecule has 1 aromatic carbocycles. The first kappa shape index (κ1) is 17.2. The summed E-state index contributed by atoms with van der Waals surface area (Å²) in [5.74, 6) is 2.32. The van der Waals surface area contributed by atoms with Crippen LogP contribution in [0.15, 0.2) is 21.2 Å². The molecule has 0 bridgehead atoms. The van der Waals surface area contributed by atoms with E-state index in [1.807, 2.05) is 24.5 Å². The molecule has 0 fully saturated rings. The van der Waals surface area contributed by atoms with Crippen LogP contribution in [-0.2, 0) is 13.0 Å². The minimum atomic E-state index is 0.355. The zero-order valence-corrected chi connectivity index (χ0v) is 15.7. The lowest BCUT2D eigenvalue weighted by atomic mass is 10.2. The second-order valence-electron chi connectivity index (χ2n) is 6.09. The normalized spacial score (nSPS) is 11.2. The van der Waals surface area contributed by atoms with Gasteiger partial charge in [-0.2, -0.15) is 10.2 Å². The Labute approximate surface area is 159 Å². The molecule has 0 amide bonds. The van der Waals surface area contributed by atoms with Gasteiger partial charge in [-0.15, -0.1) is 0 Å². The number of nitriles is 1. The predicted molar refractivity (Wildman–Crippen MR) is 97.2 cm³/mol.